The molecule has 3 heterocycles. The fraction of sp³-hybridized carbons (Fsp3) is 0.407. The van der Waals surface area contributed by atoms with Gasteiger partial charge in [-0.05, 0) is 68.2 Å². The molecule has 0 spiro atoms. The summed E-state index contributed by atoms with van der Waals surface area (Å²) in [5.41, 5.74) is 4.90. The highest BCUT2D eigenvalue weighted by Gasteiger charge is 2.34. The monoisotopic (exact) mass is 460 g/mol. The van der Waals surface area contributed by atoms with E-state index in [2.05, 4.69) is 28.2 Å². The van der Waals surface area contributed by atoms with Gasteiger partial charge < -0.3 is 19.3 Å². The van der Waals surface area contributed by atoms with Crippen LogP contribution in [0.25, 0.3) is 11.1 Å². The van der Waals surface area contributed by atoms with Gasteiger partial charge in [-0.2, -0.15) is 5.10 Å². The standard InChI is InChI=1S/C27H32N4O3/c1-29(2)18-25(20-7-6-8-23(13-20)33-3)30-16-21-11-10-19(14-24(21)27(30)32)22-15-28-31(17-22)26-9-4-5-12-34-26/h6-8,10-11,13-15,17,25-26H,4-5,9,12,16,18H2,1-3H3. The van der Waals surface area contributed by atoms with E-state index in [1.165, 1.54) is 0 Å². The van der Waals surface area contributed by atoms with Crippen molar-refractivity contribution in [3.05, 3.63) is 71.5 Å². The second kappa shape index (κ2) is 9.60. The van der Waals surface area contributed by atoms with Crippen molar-refractivity contribution in [2.24, 2.45) is 0 Å². The fourth-order valence-electron chi connectivity index (χ4n) is 4.91. The Hall–Kier alpha value is -3.16. The maximum atomic E-state index is 13.6. The summed E-state index contributed by atoms with van der Waals surface area (Å²) < 4.78 is 13.2. The minimum Gasteiger partial charge on any atom is -0.497 e. The molecule has 34 heavy (non-hydrogen) atoms. The molecule has 0 bridgehead atoms. The number of ether oxygens (including phenoxy) is 2. The molecule has 2 aliphatic heterocycles. The Kier molecular flexibility index (Phi) is 6.39. The molecule has 0 N–H and O–H groups in total. The van der Waals surface area contributed by atoms with E-state index in [0.717, 1.165) is 66.0 Å². The number of amides is 1. The normalized spacial score (nSPS) is 18.9. The summed E-state index contributed by atoms with van der Waals surface area (Å²) in [7, 11) is 5.74. The lowest BCUT2D eigenvalue weighted by Gasteiger charge is -2.30. The van der Waals surface area contributed by atoms with Crippen LogP contribution in [0.4, 0.5) is 0 Å². The molecule has 3 aromatic rings. The number of fused-ring (bicyclic) bond motifs is 1. The van der Waals surface area contributed by atoms with Crippen molar-refractivity contribution in [1.82, 2.24) is 19.6 Å². The predicted octanol–water partition coefficient (Wildman–Crippen LogP) is 4.52. The van der Waals surface area contributed by atoms with Gasteiger partial charge in [0.2, 0.25) is 0 Å². The van der Waals surface area contributed by atoms with E-state index in [0.29, 0.717) is 6.54 Å². The SMILES string of the molecule is COc1cccc(C(CN(C)C)N2Cc3ccc(-c4cnn(C5CCCCO5)c4)cc3C2=O)c1. The van der Waals surface area contributed by atoms with E-state index in [-0.39, 0.29) is 18.2 Å². The van der Waals surface area contributed by atoms with Gasteiger partial charge in [-0.25, -0.2) is 4.68 Å². The molecule has 0 radical (unpaired) electrons. The summed E-state index contributed by atoms with van der Waals surface area (Å²) in [4.78, 5) is 17.7. The average Bonchev–Trinajstić information content (AvgIpc) is 3.48. The summed E-state index contributed by atoms with van der Waals surface area (Å²) in [6.45, 7) is 2.11. The van der Waals surface area contributed by atoms with E-state index in [4.69, 9.17) is 9.47 Å². The minimum atomic E-state index is -0.0698. The number of carbonyl (C=O) groups excluding carboxylic acids is 1. The van der Waals surface area contributed by atoms with Gasteiger partial charge in [0.15, 0.2) is 0 Å². The van der Waals surface area contributed by atoms with Crippen LogP contribution in [0.5, 0.6) is 5.75 Å². The first-order valence-electron chi connectivity index (χ1n) is 11.9. The number of likely N-dealkylation sites (N-methyl/N-ethyl adjacent to an activating group) is 1. The van der Waals surface area contributed by atoms with Crippen LogP contribution < -0.4 is 4.74 Å². The van der Waals surface area contributed by atoms with Gasteiger partial charge in [0.05, 0.1) is 19.3 Å². The van der Waals surface area contributed by atoms with Gasteiger partial charge in [0, 0.05) is 37.0 Å². The largest absolute Gasteiger partial charge is 0.497 e. The van der Waals surface area contributed by atoms with Gasteiger partial charge in [-0.1, -0.05) is 24.3 Å². The van der Waals surface area contributed by atoms with Crippen molar-refractivity contribution in [2.75, 3.05) is 34.4 Å². The number of benzene rings is 2. The highest BCUT2D eigenvalue weighted by Crippen LogP contribution is 2.35. The molecule has 1 amide bonds. The second-order valence-corrected chi connectivity index (χ2v) is 9.39. The lowest BCUT2D eigenvalue weighted by molar-refractivity contribution is -0.0394. The Bertz CT molecular complexity index is 1170. The molecule has 178 valence electrons. The molecule has 7 heteroatoms. The first kappa shape index (κ1) is 22.6. The van der Waals surface area contributed by atoms with Gasteiger partial charge in [0.25, 0.3) is 5.91 Å². The Morgan fingerprint density at radius 1 is 1.18 bits per heavy atom. The molecular weight excluding hydrogens is 428 g/mol. The Morgan fingerprint density at radius 2 is 2.06 bits per heavy atom. The van der Waals surface area contributed by atoms with E-state index in [1.54, 1.807) is 7.11 Å². The molecule has 1 saturated heterocycles. The Labute approximate surface area is 200 Å². The van der Waals surface area contributed by atoms with Gasteiger partial charge in [-0.15, -0.1) is 0 Å². The molecule has 7 nitrogen and oxygen atoms in total. The van der Waals surface area contributed by atoms with Crippen molar-refractivity contribution in [3.63, 3.8) is 0 Å². The molecule has 2 atom stereocenters. The average molecular weight is 461 g/mol. The lowest BCUT2D eigenvalue weighted by Crippen LogP contribution is -2.35. The number of nitrogens with zero attached hydrogens (tertiary/aromatic N) is 4. The fourth-order valence-corrected chi connectivity index (χ4v) is 4.91. The highest BCUT2D eigenvalue weighted by atomic mass is 16.5. The smallest absolute Gasteiger partial charge is 0.255 e. The van der Waals surface area contributed by atoms with Crippen molar-refractivity contribution in [3.8, 4) is 16.9 Å². The van der Waals surface area contributed by atoms with Crippen LogP contribution in [-0.4, -0.2) is 59.8 Å². The number of rotatable bonds is 7. The number of hydrogen-bond donors (Lipinski definition) is 0. The third kappa shape index (κ3) is 4.45. The predicted molar refractivity (Wildman–Crippen MR) is 131 cm³/mol. The highest BCUT2D eigenvalue weighted by molar-refractivity contribution is 5.99. The van der Waals surface area contributed by atoms with Gasteiger partial charge in [-0.3, -0.25) is 4.79 Å². The third-order valence-corrected chi connectivity index (χ3v) is 6.72. The first-order chi connectivity index (χ1) is 16.5. The maximum Gasteiger partial charge on any atom is 0.255 e. The van der Waals surface area contributed by atoms with Crippen LogP contribution in [0.3, 0.4) is 0 Å². The van der Waals surface area contributed by atoms with Crippen molar-refractivity contribution in [1.29, 1.82) is 0 Å². The summed E-state index contributed by atoms with van der Waals surface area (Å²) >= 11 is 0. The second-order valence-electron chi connectivity index (χ2n) is 9.39. The van der Waals surface area contributed by atoms with E-state index < -0.39 is 0 Å². The quantitative estimate of drug-likeness (QED) is 0.519. The summed E-state index contributed by atoms with van der Waals surface area (Å²) in [6, 6.07) is 14.1. The zero-order valence-electron chi connectivity index (χ0n) is 20.1. The molecular formula is C27H32N4O3. The number of hydrogen-bond acceptors (Lipinski definition) is 5. The first-order valence-corrected chi connectivity index (χ1v) is 11.9. The number of aromatic nitrogens is 2. The molecule has 5 rings (SSSR count). The minimum absolute atomic E-state index is 0.00343. The molecule has 2 aliphatic rings. The van der Waals surface area contributed by atoms with Gasteiger partial charge >= 0.3 is 0 Å². The Balaban J connectivity index is 1.41. The van der Waals surface area contributed by atoms with Crippen LogP contribution in [-0.2, 0) is 11.3 Å². The van der Waals surface area contributed by atoms with E-state index in [9.17, 15) is 4.79 Å². The molecule has 2 aromatic carbocycles. The van der Waals surface area contributed by atoms with Crippen LogP contribution in [0.2, 0.25) is 0 Å². The van der Waals surface area contributed by atoms with Crippen LogP contribution in [0.1, 0.15) is 53.0 Å². The van der Waals surface area contributed by atoms with Crippen molar-refractivity contribution < 1.29 is 14.3 Å². The molecule has 2 unspecified atom stereocenters. The van der Waals surface area contributed by atoms with Crippen molar-refractivity contribution >= 4 is 5.91 Å². The lowest BCUT2D eigenvalue weighted by atomic mass is 10.0. The summed E-state index contributed by atoms with van der Waals surface area (Å²) in [5, 5.41) is 4.54. The molecule has 1 fully saturated rings. The topological polar surface area (TPSA) is 59.8 Å². The molecule has 1 aromatic heterocycles. The van der Waals surface area contributed by atoms with Crippen LogP contribution in [0, 0.1) is 0 Å². The molecule has 0 saturated carbocycles. The van der Waals surface area contributed by atoms with Crippen LogP contribution >= 0.6 is 0 Å². The zero-order valence-corrected chi connectivity index (χ0v) is 20.1. The third-order valence-electron chi connectivity index (χ3n) is 6.72. The Morgan fingerprint density at radius 3 is 2.82 bits per heavy atom. The summed E-state index contributed by atoms with van der Waals surface area (Å²) in [5.74, 6) is 0.862. The number of carbonyl (C=O) groups is 1. The zero-order chi connectivity index (χ0) is 23.7. The maximum absolute atomic E-state index is 13.6. The number of methoxy groups -OCH3 is 1. The van der Waals surface area contributed by atoms with Gasteiger partial charge in [0.1, 0.15) is 12.0 Å². The van der Waals surface area contributed by atoms with Crippen LogP contribution in [0.15, 0.2) is 54.9 Å². The van der Waals surface area contributed by atoms with Crippen molar-refractivity contribution in [2.45, 2.75) is 38.1 Å². The molecule has 0 aliphatic carbocycles. The summed E-state index contributed by atoms with van der Waals surface area (Å²) in [6.07, 6.45) is 7.14. The van der Waals surface area contributed by atoms with E-state index in [1.807, 2.05) is 60.3 Å². The van der Waals surface area contributed by atoms with E-state index >= 15 is 0 Å².